The molecule has 2 rings (SSSR count). The number of methoxy groups -OCH3 is 1. The Morgan fingerprint density at radius 3 is 2.60 bits per heavy atom. The zero-order valence-corrected chi connectivity index (χ0v) is 12.8. The van der Waals surface area contributed by atoms with Crippen molar-refractivity contribution < 1.29 is 27.4 Å². The molecule has 116 valence electrons. The minimum Gasteiger partial charge on any atom is -0.469 e. The van der Waals surface area contributed by atoms with Gasteiger partial charge in [0, 0.05) is 6.42 Å². The van der Waals surface area contributed by atoms with Crippen LogP contribution in [0, 0.1) is 5.92 Å². The number of rotatable bonds is 4. The minimum absolute atomic E-state index is 0.186. The summed E-state index contributed by atoms with van der Waals surface area (Å²) < 4.78 is 38.9. The summed E-state index contributed by atoms with van der Waals surface area (Å²) in [6, 6.07) is 0. The molecule has 2 unspecified atom stereocenters. The molecule has 0 radical (unpaired) electrons. The van der Waals surface area contributed by atoms with E-state index in [1.54, 1.807) is 0 Å². The Hall–Kier alpha value is -0.660. The van der Waals surface area contributed by atoms with Crippen molar-refractivity contribution >= 4 is 15.8 Å². The fraction of sp³-hybridized carbons (Fsp3) is 0.923. The first-order valence-corrected chi connectivity index (χ1v) is 8.73. The number of esters is 1. The Morgan fingerprint density at radius 2 is 2.00 bits per heavy atom. The van der Waals surface area contributed by atoms with Gasteiger partial charge in [-0.25, -0.2) is 8.42 Å². The van der Waals surface area contributed by atoms with Gasteiger partial charge in [-0.05, 0) is 25.7 Å². The fourth-order valence-electron chi connectivity index (χ4n) is 2.83. The zero-order valence-electron chi connectivity index (χ0n) is 12.0. The molecule has 20 heavy (non-hydrogen) atoms. The number of carbonyl (C=O) groups excluding carboxylic acids is 1. The van der Waals surface area contributed by atoms with Crippen LogP contribution in [0.2, 0.25) is 0 Å². The number of ether oxygens (including phenoxy) is 3. The maximum Gasteiger partial charge on any atom is 0.308 e. The van der Waals surface area contributed by atoms with E-state index < -0.39 is 15.6 Å². The largest absolute Gasteiger partial charge is 0.469 e. The first-order valence-electron chi connectivity index (χ1n) is 6.91. The minimum atomic E-state index is -2.84. The van der Waals surface area contributed by atoms with E-state index in [1.165, 1.54) is 7.11 Å². The normalized spacial score (nSPS) is 34.0. The maximum atomic E-state index is 11.4. The van der Waals surface area contributed by atoms with E-state index in [-0.39, 0.29) is 30.0 Å². The average Bonchev–Trinajstić information content (AvgIpc) is 2.73. The van der Waals surface area contributed by atoms with E-state index in [1.807, 2.05) is 6.92 Å². The molecule has 2 aliphatic rings. The lowest BCUT2D eigenvalue weighted by Crippen LogP contribution is -2.33. The summed E-state index contributed by atoms with van der Waals surface area (Å²) in [7, 11) is -1.49. The summed E-state index contributed by atoms with van der Waals surface area (Å²) in [4.78, 5) is 11.2. The zero-order chi connectivity index (χ0) is 14.8. The predicted octanol–water partition coefficient (Wildman–Crippen LogP) is 0.896. The van der Waals surface area contributed by atoms with Crippen molar-refractivity contribution in [1.29, 1.82) is 0 Å². The van der Waals surface area contributed by atoms with Crippen LogP contribution in [0.15, 0.2) is 0 Å². The third kappa shape index (κ3) is 4.17. The molecule has 0 aromatic heterocycles. The third-order valence-electron chi connectivity index (χ3n) is 3.95. The molecular formula is C13H22O6S. The van der Waals surface area contributed by atoms with Gasteiger partial charge in [-0.15, -0.1) is 0 Å². The van der Waals surface area contributed by atoms with E-state index in [4.69, 9.17) is 9.47 Å². The number of sulfone groups is 1. The van der Waals surface area contributed by atoms with Gasteiger partial charge in [0.2, 0.25) is 0 Å². The lowest BCUT2D eigenvalue weighted by molar-refractivity contribution is -0.170. The molecule has 2 aliphatic heterocycles. The Balaban J connectivity index is 1.83. The van der Waals surface area contributed by atoms with Crippen LogP contribution in [-0.2, 0) is 28.8 Å². The van der Waals surface area contributed by atoms with Gasteiger partial charge in [0.15, 0.2) is 5.79 Å². The molecule has 0 N–H and O–H groups in total. The van der Waals surface area contributed by atoms with Gasteiger partial charge >= 0.3 is 5.97 Å². The Kier molecular flexibility index (Phi) is 4.71. The van der Waals surface area contributed by atoms with Crippen LogP contribution in [-0.4, -0.2) is 51.5 Å². The molecule has 0 bridgehead atoms. The summed E-state index contributed by atoms with van der Waals surface area (Å²) in [5.74, 6) is -0.240. The van der Waals surface area contributed by atoms with Crippen molar-refractivity contribution in [3.63, 3.8) is 0 Å². The van der Waals surface area contributed by atoms with Crippen molar-refractivity contribution in [1.82, 2.24) is 0 Å². The van der Waals surface area contributed by atoms with Crippen LogP contribution in [0.3, 0.4) is 0 Å². The van der Waals surface area contributed by atoms with Crippen LogP contribution in [0.1, 0.15) is 32.6 Å². The molecule has 6 nitrogen and oxygen atoms in total. The standard InChI is InChI=1S/C13H22O6S/c1-13(8-10-3-5-20(15,16)6-4-10)18-9-11(19-13)7-12(14)17-2/h10-11H,3-9H2,1-2H3. The molecule has 0 spiro atoms. The highest BCUT2D eigenvalue weighted by molar-refractivity contribution is 7.91. The third-order valence-corrected chi connectivity index (χ3v) is 5.66. The molecule has 0 amide bonds. The molecule has 2 heterocycles. The van der Waals surface area contributed by atoms with E-state index >= 15 is 0 Å². The molecule has 2 saturated heterocycles. The van der Waals surface area contributed by atoms with Crippen molar-refractivity contribution in [3.05, 3.63) is 0 Å². The highest BCUT2D eigenvalue weighted by atomic mass is 32.2. The van der Waals surface area contributed by atoms with Crippen molar-refractivity contribution in [2.24, 2.45) is 5.92 Å². The predicted molar refractivity (Wildman–Crippen MR) is 71.9 cm³/mol. The van der Waals surface area contributed by atoms with E-state index in [0.717, 1.165) is 0 Å². The summed E-state index contributed by atoms with van der Waals surface area (Å²) in [6.07, 6.45) is 1.89. The first-order chi connectivity index (χ1) is 9.32. The number of carbonyl (C=O) groups is 1. The lowest BCUT2D eigenvalue weighted by Gasteiger charge is -2.30. The Bertz CT molecular complexity index is 445. The summed E-state index contributed by atoms with van der Waals surface area (Å²) >= 11 is 0. The van der Waals surface area contributed by atoms with Gasteiger partial charge in [0.25, 0.3) is 0 Å². The number of hydrogen-bond acceptors (Lipinski definition) is 6. The summed E-state index contributed by atoms with van der Waals surface area (Å²) in [5.41, 5.74) is 0. The second-order valence-electron chi connectivity index (χ2n) is 5.76. The van der Waals surface area contributed by atoms with Gasteiger partial charge in [-0.3, -0.25) is 4.79 Å². The summed E-state index contributed by atoms with van der Waals surface area (Å²) in [6.45, 7) is 2.23. The molecular weight excluding hydrogens is 284 g/mol. The van der Waals surface area contributed by atoms with Crippen LogP contribution < -0.4 is 0 Å². The smallest absolute Gasteiger partial charge is 0.308 e. The SMILES string of the molecule is COC(=O)CC1COC(C)(CC2CCS(=O)(=O)CC2)O1. The highest BCUT2D eigenvalue weighted by Gasteiger charge is 2.40. The number of hydrogen-bond donors (Lipinski definition) is 0. The van der Waals surface area contributed by atoms with E-state index in [9.17, 15) is 13.2 Å². The monoisotopic (exact) mass is 306 g/mol. The van der Waals surface area contributed by atoms with Crippen LogP contribution >= 0.6 is 0 Å². The Labute approximate surface area is 119 Å². The lowest BCUT2D eigenvalue weighted by atomic mass is 9.94. The van der Waals surface area contributed by atoms with Crippen LogP contribution in [0.5, 0.6) is 0 Å². The van der Waals surface area contributed by atoms with Gasteiger partial charge < -0.3 is 14.2 Å². The van der Waals surface area contributed by atoms with Gasteiger partial charge in [0.1, 0.15) is 9.84 Å². The average molecular weight is 306 g/mol. The first kappa shape index (κ1) is 15.7. The van der Waals surface area contributed by atoms with Crippen molar-refractivity contribution in [3.8, 4) is 0 Å². The molecule has 0 aliphatic carbocycles. The molecule has 0 aromatic rings. The fourth-order valence-corrected chi connectivity index (χ4v) is 4.42. The Morgan fingerprint density at radius 1 is 1.35 bits per heavy atom. The highest BCUT2D eigenvalue weighted by Crippen LogP contribution is 2.35. The molecule has 2 fully saturated rings. The topological polar surface area (TPSA) is 78.9 Å². The quantitative estimate of drug-likeness (QED) is 0.718. The summed E-state index contributed by atoms with van der Waals surface area (Å²) in [5, 5.41) is 0. The van der Waals surface area contributed by atoms with Gasteiger partial charge in [0.05, 0.1) is 37.7 Å². The van der Waals surface area contributed by atoms with Gasteiger partial charge in [-0.1, -0.05) is 0 Å². The van der Waals surface area contributed by atoms with Gasteiger partial charge in [-0.2, -0.15) is 0 Å². The second kappa shape index (κ2) is 5.99. The molecule has 0 saturated carbocycles. The maximum absolute atomic E-state index is 11.4. The van der Waals surface area contributed by atoms with Crippen LogP contribution in [0.25, 0.3) is 0 Å². The second-order valence-corrected chi connectivity index (χ2v) is 8.07. The van der Waals surface area contributed by atoms with E-state index in [0.29, 0.717) is 31.8 Å². The molecule has 7 heteroatoms. The van der Waals surface area contributed by atoms with Crippen molar-refractivity contribution in [2.75, 3.05) is 25.2 Å². The van der Waals surface area contributed by atoms with Crippen molar-refractivity contribution in [2.45, 2.75) is 44.5 Å². The van der Waals surface area contributed by atoms with E-state index in [2.05, 4.69) is 4.74 Å². The molecule has 0 aromatic carbocycles. The van der Waals surface area contributed by atoms with Crippen LogP contribution in [0.4, 0.5) is 0 Å². The molecule has 2 atom stereocenters.